The number of ether oxygens (including phenoxy) is 1. The second-order valence-electron chi connectivity index (χ2n) is 7.27. The van der Waals surface area contributed by atoms with Gasteiger partial charge >= 0.3 is 5.97 Å². The molecule has 0 unspecified atom stereocenters. The van der Waals surface area contributed by atoms with Crippen molar-refractivity contribution in [2.75, 3.05) is 26.3 Å². The molecule has 3 heterocycles. The number of hydrogen-bond acceptors (Lipinski definition) is 6. The van der Waals surface area contributed by atoms with E-state index in [-0.39, 0.29) is 24.9 Å². The van der Waals surface area contributed by atoms with E-state index in [0.717, 1.165) is 11.1 Å². The van der Waals surface area contributed by atoms with Crippen LogP contribution in [0.15, 0.2) is 24.3 Å². The summed E-state index contributed by atoms with van der Waals surface area (Å²) in [5.41, 5.74) is 1.05. The molecule has 2 saturated heterocycles. The number of carbonyl (C=O) groups excluding carboxylic acids is 1. The third-order valence-electron chi connectivity index (χ3n) is 5.52. The lowest BCUT2D eigenvalue weighted by Crippen LogP contribution is -2.45. The third-order valence-corrected chi connectivity index (χ3v) is 5.52. The first-order valence-corrected chi connectivity index (χ1v) is 8.92. The maximum Gasteiger partial charge on any atom is 0.311 e. The molecule has 27 heavy (non-hydrogen) atoms. The minimum absolute atomic E-state index is 0.0673. The zero-order valence-electron chi connectivity index (χ0n) is 15.0. The van der Waals surface area contributed by atoms with Gasteiger partial charge in [0, 0.05) is 31.2 Å². The van der Waals surface area contributed by atoms with Gasteiger partial charge in [0.2, 0.25) is 11.7 Å². The summed E-state index contributed by atoms with van der Waals surface area (Å²) in [6.45, 7) is 3.29. The Balaban J connectivity index is 1.45. The number of hydrogen-bond donors (Lipinski definition) is 1. The van der Waals surface area contributed by atoms with Crippen LogP contribution in [0.4, 0.5) is 0 Å². The van der Waals surface area contributed by atoms with Crippen LogP contribution in [0.25, 0.3) is 11.4 Å². The number of benzene rings is 1. The Kier molecular flexibility index (Phi) is 4.39. The molecule has 0 radical (unpaired) electrons. The maximum absolute atomic E-state index is 12.7. The number of nitrogens with zero attached hydrogens (tertiary/aromatic N) is 5. The van der Waals surface area contributed by atoms with Gasteiger partial charge in [-0.2, -0.15) is 4.80 Å². The quantitative estimate of drug-likeness (QED) is 0.838. The van der Waals surface area contributed by atoms with Gasteiger partial charge in [0.1, 0.15) is 6.54 Å². The van der Waals surface area contributed by atoms with E-state index in [0.29, 0.717) is 32.0 Å². The van der Waals surface area contributed by atoms with Gasteiger partial charge in [0.15, 0.2) is 0 Å². The van der Waals surface area contributed by atoms with E-state index in [4.69, 9.17) is 4.74 Å². The summed E-state index contributed by atoms with van der Waals surface area (Å²) in [5.74, 6) is -0.794. The van der Waals surface area contributed by atoms with Crippen molar-refractivity contribution in [2.45, 2.75) is 19.9 Å². The molecule has 1 amide bonds. The lowest BCUT2D eigenvalue weighted by molar-refractivity contribution is -0.157. The Morgan fingerprint density at radius 1 is 1.33 bits per heavy atom. The first-order valence-electron chi connectivity index (χ1n) is 8.92. The number of carboxylic acid groups (broad SMARTS) is 1. The van der Waals surface area contributed by atoms with Crippen molar-refractivity contribution in [2.24, 2.45) is 11.3 Å². The first kappa shape index (κ1) is 17.6. The highest BCUT2D eigenvalue weighted by Gasteiger charge is 2.54. The summed E-state index contributed by atoms with van der Waals surface area (Å²) < 4.78 is 5.42. The van der Waals surface area contributed by atoms with Crippen LogP contribution in [0, 0.1) is 18.3 Å². The standard InChI is InChI=1S/C18H21N5O4/c1-12-2-4-13(5-3-12)16-19-21-23(20-16)9-15(24)22-8-14-10-27-7-6-18(14,11-22)17(25)26/h2-5,14H,6-11H2,1H3,(H,25,26)/t14-,18+/m0/s1. The van der Waals surface area contributed by atoms with Crippen LogP contribution in [0.1, 0.15) is 12.0 Å². The SMILES string of the molecule is Cc1ccc(-c2nnn(CC(=O)N3C[C@H]4COCC[C@@]4(C(=O)O)C3)n2)cc1. The van der Waals surface area contributed by atoms with Crippen LogP contribution in [0.5, 0.6) is 0 Å². The normalized spacial score (nSPS) is 24.6. The molecule has 2 atom stereocenters. The van der Waals surface area contributed by atoms with Crippen LogP contribution < -0.4 is 0 Å². The van der Waals surface area contributed by atoms with Crippen molar-refractivity contribution >= 4 is 11.9 Å². The molecule has 0 aliphatic carbocycles. The van der Waals surface area contributed by atoms with Crippen molar-refractivity contribution < 1.29 is 19.4 Å². The van der Waals surface area contributed by atoms with Crippen molar-refractivity contribution in [3.8, 4) is 11.4 Å². The third kappa shape index (κ3) is 3.18. The largest absolute Gasteiger partial charge is 0.481 e. The number of aromatic nitrogens is 4. The Morgan fingerprint density at radius 3 is 2.81 bits per heavy atom. The molecule has 2 aliphatic rings. The molecule has 2 aromatic rings. The molecular weight excluding hydrogens is 350 g/mol. The molecule has 2 fully saturated rings. The molecule has 2 aliphatic heterocycles. The first-order chi connectivity index (χ1) is 13.0. The summed E-state index contributed by atoms with van der Waals surface area (Å²) in [6.07, 6.45) is 0.427. The summed E-state index contributed by atoms with van der Waals surface area (Å²) in [4.78, 5) is 27.4. The van der Waals surface area contributed by atoms with Crippen LogP contribution in [-0.2, 0) is 20.9 Å². The van der Waals surface area contributed by atoms with E-state index in [1.807, 2.05) is 31.2 Å². The molecule has 142 valence electrons. The molecule has 1 aromatic carbocycles. The van der Waals surface area contributed by atoms with E-state index < -0.39 is 11.4 Å². The van der Waals surface area contributed by atoms with Gasteiger partial charge in [-0.05, 0) is 18.6 Å². The van der Waals surface area contributed by atoms with E-state index in [1.165, 1.54) is 4.80 Å². The predicted molar refractivity (Wildman–Crippen MR) is 93.6 cm³/mol. The Hall–Kier alpha value is -2.81. The number of aliphatic carboxylic acids is 1. The highest BCUT2D eigenvalue weighted by atomic mass is 16.5. The number of rotatable bonds is 4. The van der Waals surface area contributed by atoms with Crippen molar-refractivity contribution in [1.82, 2.24) is 25.1 Å². The highest BCUT2D eigenvalue weighted by molar-refractivity contribution is 5.81. The molecule has 4 rings (SSSR count). The summed E-state index contributed by atoms with van der Waals surface area (Å²) in [6, 6.07) is 7.72. The number of tetrazole rings is 1. The predicted octanol–water partition coefficient (Wildman–Crippen LogP) is 0.598. The number of likely N-dealkylation sites (tertiary alicyclic amines) is 1. The van der Waals surface area contributed by atoms with E-state index in [2.05, 4.69) is 15.4 Å². The smallest absolute Gasteiger partial charge is 0.311 e. The van der Waals surface area contributed by atoms with Gasteiger partial charge in [0.05, 0.1) is 12.0 Å². The Morgan fingerprint density at radius 2 is 2.11 bits per heavy atom. The van der Waals surface area contributed by atoms with Crippen LogP contribution in [0.3, 0.4) is 0 Å². The van der Waals surface area contributed by atoms with Gasteiger partial charge in [0.25, 0.3) is 0 Å². The highest BCUT2D eigenvalue weighted by Crippen LogP contribution is 2.42. The monoisotopic (exact) mass is 371 g/mol. The second kappa shape index (κ2) is 6.73. The molecule has 0 bridgehead atoms. The minimum atomic E-state index is -0.906. The van der Waals surface area contributed by atoms with Gasteiger partial charge in [-0.3, -0.25) is 9.59 Å². The molecule has 0 spiro atoms. The molecule has 1 aromatic heterocycles. The van der Waals surface area contributed by atoms with Gasteiger partial charge in [-0.25, -0.2) is 0 Å². The molecule has 9 nitrogen and oxygen atoms in total. The van der Waals surface area contributed by atoms with E-state index in [1.54, 1.807) is 4.90 Å². The number of fused-ring (bicyclic) bond motifs is 1. The fourth-order valence-corrected chi connectivity index (χ4v) is 3.84. The number of carbonyl (C=O) groups is 2. The molecular formula is C18H21N5O4. The Labute approximate surface area is 155 Å². The summed E-state index contributed by atoms with van der Waals surface area (Å²) in [5, 5.41) is 21.9. The summed E-state index contributed by atoms with van der Waals surface area (Å²) in [7, 11) is 0. The summed E-state index contributed by atoms with van der Waals surface area (Å²) >= 11 is 0. The number of amides is 1. The van der Waals surface area contributed by atoms with E-state index in [9.17, 15) is 14.7 Å². The zero-order valence-corrected chi connectivity index (χ0v) is 15.0. The lowest BCUT2D eigenvalue weighted by Gasteiger charge is -2.33. The molecule has 1 N–H and O–H groups in total. The fourth-order valence-electron chi connectivity index (χ4n) is 3.84. The number of aryl methyl sites for hydroxylation is 1. The van der Waals surface area contributed by atoms with Crippen LogP contribution in [0.2, 0.25) is 0 Å². The van der Waals surface area contributed by atoms with E-state index >= 15 is 0 Å². The van der Waals surface area contributed by atoms with Crippen molar-refractivity contribution in [3.05, 3.63) is 29.8 Å². The van der Waals surface area contributed by atoms with Gasteiger partial charge < -0.3 is 14.7 Å². The van der Waals surface area contributed by atoms with Gasteiger partial charge in [-0.15, -0.1) is 10.2 Å². The zero-order chi connectivity index (χ0) is 19.0. The average Bonchev–Trinajstić information content (AvgIpc) is 3.27. The van der Waals surface area contributed by atoms with Crippen molar-refractivity contribution in [3.63, 3.8) is 0 Å². The lowest BCUT2D eigenvalue weighted by atomic mass is 9.74. The average molecular weight is 371 g/mol. The van der Waals surface area contributed by atoms with Gasteiger partial charge in [-0.1, -0.05) is 29.8 Å². The molecule has 9 heteroatoms. The topological polar surface area (TPSA) is 110 Å². The van der Waals surface area contributed by atoms with Crippen LogP contribution in [-0.4, -0.2) is 68.4 Å². The number of carboxylic acids is 1. The molecule has 0 saturated carbocycles. The van der Waals surface area contributed by atoms with Crippen LogP contribution >= 0.6 is 0 Å². The van der Waals surface area contributed by atoms with Crippen molar-refractivity contribution in [1.29, 1.82) is 0 Å². The minimum Gasteiger partial charge on any atom is -0.481 e. The fraction of sp³-hybridized carbons (Fsp3) is 0.500. The second-order valence-corrected chi connectivity index (χ2v) is 7.27. The maximum atomic E-state index is 12.7. The Bertz CT molecular complexity index is 865.